The van der Waals surface area contributed by atoms with Gasteiger partial charge in [0, 0.05) is 6.42 Å². The molecule has 0 aromatic carbocycles. The van der Waals surface area contributed by atoms with Gasteiger partial charge < -0.3 is 9.53 Å². The molecule has 0 heterocycles. The molecule has 70 valence electrons. The lowest BCUT2D eigenvalue weighted by atomic mass is 10.2. The fourth-order valence-corrected chi connectivity index (χ4v) is 2.27. The maximum Gasteiger partial charge on any atom is 0.323 e. The number of ether oxygens (including phenoxy) is 1. The van der Waals surface area contributed by atoms with Gasteiger partial charge in [-0.3, -0.25) is 9.88 Å². The predicted molar refractivity (Wildman–Crippen MR) is 56.0 cm³/mol. The summed E-state index contributed by atoms with van der Waals surface area (Å²) in [7, 11) is 5.76. The summed E-state index contributed by atoms with van der Waals surface area (Å²) < 4.78 is 4.50. The standard InChI is InChI=1S/C5H12NO3P3/c1-9-5(8)4(2-3-7)6-12(10)11/h3-4,6H,2,10-11H2,1H3. The van der Waals surface area contributed by atoms with E-state index in [0.29, 0.717) is 6.29 Å². The van der Waals surface area contributed by atoms with Crippen LogP contribution in [0.3, 0.4) is 0 Å². The number of hydrogen-bond donors (Lipinski definition) is 1. The zero-order valence-corrected chi connectivity index (χ0v) is 9.89. The van der Waals surface area contributed by atoms with Crippen LogP contribution in [-0.2, 0) is 14.3 Å². The van der Waals surface area contributed by atoms with Crippen LogP contribution in [0.15, 0.2) is 0 Å². The van der Waals surface area contributed by atoms with Crippen LogP contribution in [-0.4, -0.2) is 25.4 Å². The molecular weight excluding hydrogens is 215 g/mol. The summed E-state index contributed by atoms with van der Waals surface area (Å²) in [6, 6.07) is -0.520. The van der Waals surface area contributed by atoms with E-state index >= 15 is 0 Å². The molecule has 1 N–H and O–H groups in total. The molecule has 0 aromatic heterocycles. The van der Waals surface area contributed by atoms with Gasteiger partial charge in [-0.2, -0.15) is 0 Å². The first kappa shape index (κ1) is 12.4. The molecular formula is C5H12NO3P3. The second-order valence-electron chi connectivity index (χ2n) is 2.01. The molecule has 0 aromatic rings. The van der Waals surface area contributed by atoms with E-state index in [1.807, 2.05) is 0 Å². The van der Waals surface area contributed by atoms with Gasteiger partial charge in [0.1, 0.15) is 12.3 Å². The van der Waals surface area contributed by atoms with Gasteiger partial charge in [0.2, 0.25) is 0 Å². The van der Waals surface area contributed by atoms with Crippen molar-refractivity contribution in [2.24, 2.45) is 0 Å². The molecule has 4 nitrogen and oxygen atoms in total. The van der Waals surface area contributed by atoms with Crippen molar-refractivity contribution < 1.29 is 14.3 Å². The maximum absolute atomic E-state index is 11.0. The molecule has 0 fully saturated rings. The molecule has 3 unspecified atom stereocenters. The Kier molecular flexibility index (Phi) is 7.08. The minimum absolute atomic E-state index is 0.147. The Morgan fingerprint density at radius 1 is 1.75 bits per heavy atom. The lowest BCUT2D eigenvalue weighted by Gasteiger charge is -2.15. The highest BCUT2D eigenvalue weighted by atomic mass is 32.4. The van der Waals surface area contributed by atoms with Crippen LogP contribution in [0.2, 0.25) is 0 Å². The third-order valence-electron chi connectivity index (χ3n) is 1.12. The van der Waals surface area contributed by atoms with E-state index in [9.17, 15) is 9.59 Å². The molecule has 0 aliphatic heterocycles. The smallest absolute Gasteiger partial charge is 0.323 e. The van der Waals surface area contributed by atoms with Crippen molar-refractivity contribution in [3.8, 4) is 0 Å². The highest BCUT2D eigenvalue weighted by Crippen LogP contribution is 2.48. The lowest BCUT2D eigenvalue weighted by Crippen LogP contribution is -2.33. The fourth-order valence-electron chi connectivity index (χ4n) is 0.620. The van der Waals surface area contributed by atoms with E-state index in [4.69, 9.17) is 0 Å². The van der Waals surface area contributed by atoms with Gasteiger partial charge in [0.05, 0.1) is 7.11 Å². The summed E-state index contributed by atoms with van der Waals surface area (Å²) in [4.78, 5) is 21.1. The number of rotatable bonds is 5. The summed E-state index contributed by atoms with van der Waals surface area (Å²) in [6.07, 6.45) is 0.844. The number of nitrogens with one attached hydrogen (secondary N) is 1. The second kappa shape index (κ2) is 6.86. The van der Waals surface area contributed by atoms with Crippen LogP contribution in [0.25, 0.3) is 0 Å². The Bertz CT molecular complexity index is 164. The Morgan fingerprint density at radius 2 is 2.33 bits per heavy atom. The Labute approximate surface area is 77.2 Å². The zero-order valence-electron chi connectivity index (χ0n) is 6.69. The van der Waals surface area contributed by atoms with Gasteiger partial charge in [-0.05, 0) is 7.45 Å². The Morgan fingerprint density at radius 3 is 2.67 bits per heavy atom. The predicted octanol–water partition coefficient (Wildman–Crippen LogP) is 0.684. The van der Waals surface area contributed by atoms with Crippen LogP contribution in [0, 0.1) is 0 Å². The number of carbonyl (C=O) groups is 2. The van der Waals surface area contributed by atoms with Crippen LogP contribution in [0.4, 0.5) is 0 Å². The summed E-state index contributed by atoms with van der Waals surface area (Å²) in [6.45, 7) is 0. The largest absolute Gasteiger partial charge is 0.468 e. The molecule has 12 heavy (non-hydrogen) atoms. The van der Waals surface area contributed by atoms with Crippen molar-refractivity contribution in [3.63, 3.8) is 0 Å². The lowest BCUT2D eigenvalue weighted by molar-refractivity contribution is -0.143. The summed E-state index contributed by atoms with van der Waals surface area (Å²) in [5.74, 6) is -0.403. The molecule has 0 bridgehead atoms. The van der Waals surface area contributed by atoms with E-state index in [1.54, 1.807) is 0 Å². The van der Waals surface area contributed by atoms with Gasteiger partial charge in [-0.1, -0.05) is 17.9 Å². The summed E-state index contributed by atoms with van der Waals surface area (Å²) in [5.41, 5.74) is 0. The van der Waals surface area contributed by atoms with Crippen molar-refractivity contribution in [1.29, 1.82) is 0 Å². The first-order chi connectivity index (χ1) is 5.61. The number of hydrogen-bond acceptors (Lipinski definition) is 4. The Balaban J connectivity index is 4.02. The fraction of sp³-hybridized carbons (Fsp3) is 0.600. The molecule has 0 amide bonds. The minimum atomic E-state index is -0.566. The van der Waals surface area contributed by atoms with E-state index in [0.717, 1.165) is 0 Å². The number of esters is 1. The first-order valence-corrected chi connectivity index (χ1v) is 7.76. The number of methoxy groups -OCH3 is 1. The zero-order chi connectivity index (χ0) is 9.56. The van der Waals surface area contributed by atoms with Crippen LogP contribution >= 0.6 is 25.3 Å². The molecule has 3 atom stereocenters. The average molecular weight is 227 g/mol. The van der Waals surface area contributed by atoms with E-state index < -0.39 is 19.5 Å². The van der Waals surface area contributed by atoms with Crippen LogP contribution in [0.1, 0.15) is 6.42 Å². The van der Waals surface area contributed by atoms with Crippen LogP contribution < -0.4 is 5.09 Å². The van der Waals surface area contributed by atoms with Crippen molar-refractivity contribution in [2.75, 3.05) is 7.11 Å². The monoisotopic (exact) mass is 227 g/mol. The van der Waals surface area contributed by atoms with Crippen LogP contribution in [0.5, 0.6) is 0 Å². The van der Waals surface area contributed by atoms with E-state index in [1.165, 1.54) is 7.11 Å². The van der Waals surface area contributed by atoms with Gasteiger partial charge in [-0.25, -0.2) is 0 Å². The highest BCUT2D eigenvalue weighted by molar-refractivity contribution is 8.42. The number of aldehydes is 1. The van der Waals surface area contributed by atoms with Crippen molar-refractivity contribution in [2.45, 2.75) is 12.5 Å². The molecule has 0 aliphatic carbocycles. The molecule has 0 spiro atoms. The van der Waals surface area contributed by atoms with Gasteiger partial charge in [0.15, 0.2) is 0 Å². The molecule has 7 heteroatoms. The first-order valence-electron chi connectivity index (χ1n) is 3.19. The molecule has 0 saturated carbocycles. The van der Waals surface area contributed by atoms with Crippen molar-refractivity contribution >= 4 is 37.6 Å². The summed E-state index contributed by atoms with van der Waals surface area (Å²) >= 11 is 0. The third kappa shape index (κ3) is 5.11. The van der Waals surface area contributed by atoms with E-state index in [2.05, 4.69) is 27.7 Å². The Hall–Kier alpha value is 0.390. The van der Waals surface area contributed by atoms with Crippen molar-refractivity contribution in [3.05, 3.63) is 0 Å². The SMILES string of the molecule is COC(=O)C(CC=O)NP(P)P. The molecule has 0 aliphatic rings. The van der Waals surface area contributed by atoms with Gasteiger partial charge in [-0.15, -0.1) is 0 Å². The number of carbonyl (C=O) groups excluding carboxylic acids is 2. The van der Waals surface area contributed by atoms with E-state index in [-0.39, 0.29) is 6.42 Å². The molecule has 0 radical (unpaired) electrons. The topological polar surface area (TPSA) is 55.4 Å². The molecule has 0 saturated heterocycles. The summed E-state index contributed by atoms with van der Waals surface area (Å²) in [5, 5.41) is 2.92. The average Bonchev–Trinajstić information content (AvgIpc) is 2.01. The highest BCUT2D eigenvalue weighted by Gasteiger charge is 2.18. The maximum atomic E-state index is 11.0. The second-order valence-corrected chi connectivity index (χ2v) is 8.21. The van der Waals surface area contributed by atoms with Gasteiger partial charge in [0.25, 0.3) is 0 Å². The normalized spacial score (nSPS) is 12.7. The third-order valence-corrected chi connectivity index (χ3v) is 2.63. The minimum Gasteiger partial charge on any atom is -0.468 e. The molecule has 0 rings (SSSR count). The van der Waals surface area contributed by atoms with Gasteiger partial charge >= 0.3 is 5.97 Å². The quantitative estimate of drug-likeness (QED) is 0.426. The van der Waals surface area contributed by atoms with Crippen molar-refractivity contribution in [1.82, 2.24) is 5.09 Å².